The van der Waals surface area contributed by atoms with Gasteiger partial charge in [0.05, 0.1) is 4.90 Å². The molecule has 0 aromatic heterocycles. The summed E-state index contributed by atoms with van der Waals surface area (Å²) in [6, 6.07) is 23.4. The predicted molar refractivity (Wildman–Crippen MR) is 198 cm³/mol. The Kier molecular flexibility index (Phi) is 10.7. The summed E-state index contributed by atoms with van der Waals surface area (Å²) in [5.41, 5.74) is 16.8. The second-order valence-electron chi connectivity index (χ2n) is 13.5. The van der Waals surface area contributed by atoms with Crippen molar-refractivity contribution in [2.75, 3.05) is 6.54 Å². The van der Waals surface area contributed by atoms with Crippen LogP contribution in [0.1, 0.15) is 71.2 Å². The van der Waals surface area contributed by atoms with E-state index in [1.165, 1.54) is 0 Å². The maximum Gasteiger partial charge on any atom is 0.324 e. The van der Waals surface area contributed by atoms with E-state index >= 15 is 0 Å². The molecular weight excluding hydrogens is 672 g/mol. The summed E-state index contributed by atoms with van der Waals surface area (Å²) in [5.74, 6) is -0.293. The van der Waals surface area contributed by atoms with Crippen LogP contribution in [0.2, 0.25) is 5.02 Å². The maximum absolute atomic E-state index is 13.8. The van der Waals surface area contributed by atoms with Gasteiger partial charge in [0.25, 0.3) is 10.0 Å². The molecule has 9 nitrogen and oxygen atoms in total. The molecule has 0 aliphatic carbocycles. The van der Waals surface area contributed by atoms with Crippen LogP contribution in [0, 0.1) is 27.7 Å². The van der Waals surface area contributed by atoms with Crippen molar-refractivity contribution in [3.63, 3.8) is 0 Å². The summed E-state index contributed by atoms with van der Waals surface area (Å²) >= 11 is 6.78. The highest BCUT2D eigenvalue weighted by Gasteiger charge is 2.43. The van der Waals surface area contributed by atoms with Crippen molar-refractivity contribution in [3.8, 4) is 5.75 Å². The summed E-state index contributed by atoms with van der Waals surface area (Å²) < 4.78 is 42.0. The summed E-state index contributed by atoms with van der Waals surface area (Å²) in [4.78, 5) is 18.1. The van der Waals surface area contributed by atoms with Gasteiger partial charge in [0, 0.05) is 45.8 Å². The van der Waals surface area contributed by atoms with E-state index in [1.807, 2.05) is 100 Å². The molecule has 0 amide bonds. The normalized spacial score (nSPS) is 15.8. The van der Waals surface area contributed by atoms with Crippen molar-refractivity contribution in [3.05, 3.63) is 128 Å². The largest absolute Gasteiger partial charge is 0.487 e. The molecule has 264 valence electrons. The van der Waals surface area contributed by atoms with Crippen LogP contribution in [0.15, 0.2) is 88.8 Å². The number of esters is 1. The molecule has 50 heavy (non-hydrogen) atoms. The number of nitrogens with zero attached hydrogens (tertiary/aromatic N) is 1. The Bertz CT molecular complexity index is 2030. The van der Waals surface area contributed by atoms with Crippen molar-refractivity contribution in [2.24, 2.45) is 16.5 Å². The lowest BCUT2D eigenvalue weighted by atomic mass is 9.79. The minimum Gasteiger partial charge on any atom is -0.487 e. The molecule has 0 spiro atoms. The molecule has 4 aromatic carbocycles. The monoisotopic (exact) mass is 716 g/mol. The molecular formula is C39H45ClN4O5S. The molecule has 1 aliphatic heterocycles. The van der Waals surface area contributed by atoms with Gasteiger partial charge in [-0.3, -0.25) is 9.79 Å². The number of carbonyl (C=O) groups is 1. The van der Waals surface area contributed by atoms with E-state index in [9.17, 15) is 13.2 Å². The Morgan fingerprint density at radius 2 is 1.58 bits per heavy atom. The van der Waals surface area contributed by atoms with Crippen molar-refractivity contribution in [1.82, 2.24) is 4.72 Å². The first kappa shape index (κ1) is 36.9. The summed E-state index contributed by atoms with van der Waals surface area (Å²) in [6.45, 7) is 11.5. The lowest BCUT2D eigenvalue weighted by molar-refractivity contribution is -0.155. The van der Waals surface area contributed by atoms with Crippen molar-refractivity contribution < 1.29 is 22.7 Å². The van der Waals surface area contributed by atoms with Gasteiger partial charge >= 0.3 is 5.97 Å². The number of rotatable bonds is 11. The molecule has 5 N–H and O–H groups in total. The molecule has 0 bridgehead atoms. The number of sulfonamides is 1. The fourth-order valence-electron chi connectivity index (χ4n) is 6.60. The van der Waals surface area contributed by atoms with Gasteiger partial charge < -0.3 is 20.9 Å². The molecule has 0 radical (unpaired) electrons. The average Bonchev–Trinajstić information content (AvgIpc) is 3.41. The van der Waals surface area contributed by atoms with Gasteiger partial charge in [-0.25, -0.2) is 13.1 Å². The van der Waals surface area contributed by atoms with Gasteiger partial charge in [0.1, 0.15) is 17.4 Å². The highest BCUT2D eigenvalue weighted by atomic mass is 35.5. The van der Waals surface area contributed by atoms with Crippen LogP contribution < -0.4 is 20.9 Å². The smallest absolute Gasteiger partial charge is 0.324 e. The van der Waals surface area contributed by atoms with Crippen LogP contribution >= 0.6 is 11.6 Å². The number of hydrogen-bond donors (Lipinski definition) is 3. The Hall–Kier alpha value is -4.38. The van der Waals surface area contributed by atoms with Crippen LogP contribution in [-0.4, -0.2) is 38.5 Å². The number of carbonyl (C=O) groups excluding carboxylic acids is 1. The standard InChI is InChI=1S/C39H45ClN4O5S/c1-24-18-20-29(21-19-24)39(28-13-8-7-9-14-28,31-15-10-11-16-32(31)40)49-36(45)33(41)17-12-22-43-37(42)44-50(46,47)35-26(3)25(2)30-23-38(5,6)48-34(30)27(35)4/h7-11,13-16,18-21,33H,12,17,22-23,41H2,1-6H3,(H3,42,43,44)/t33-,39?/m0/s1. The quantitative estimate of drug-likeness (QED) is 0.0527. The van der Waals surface area contributed by atoms with Crippen LogP contribution in [0.5, 0.6) is 5.75 Å². The number of guanidine groups is 1. The van der Waals surface area contributed by atoms with Gasteiger partial charge in [-0.15, -0.1) is 0 Å². The number of ether oxygens (including phenoxy) is 2. The van der Waals surface area contributed by atoms with Gasteiger partial charge in [0.2, 0.25) is 5.96 Å². The molecule has 11 heteroatoms. The number of hydrogen-bond acceptors (Lipinski definition) is 7. The van der Waals surface area contributed by atoms with Crippen molar-refractivity contribution >= 4 is 33.6 Å². The molecule has 1 unspecified atom stereocenters. The number of halogens is 1. The lowest BCUT2D eigenvalue weighted by Crippen LogP contribution is -2.42. The van der Waals surface area contributed by atoms with E-state index in [4.69, 9.17) is 32.5 Å². The second kappa shape index (κ2) is 14.5. The second-order valence-corrected chi connectivity index (χ2v) is 15.5. The van der Waals surface area contributed by atoms with Gasteiger partial charge in [-0.05, 0) is 71.6 Å². The Labute approximate surface area is 300 Å². The SMILES string of the molecule is Cc1ccc(C(OC(=O)[C@@H](N)CCCN=C(N)NS(=O)(=O)c2c(C)c(C)c3c(c2C)OC(C)(C)C3)(c2ccccc2)c2ccccc2Cl)cc1. The van der Waals surface area contributed by atoms with Crippen LogP contribution in [0.4, 0.5) is 0 Å². The molecule has 2 atom stereocenters. The maximum atomic E-state index is 13.8. The van der Waals surface area contributed by atoms with E-state index < -0.39 is 33.2 Å². The topological polar surface area (TPSA) is 146 Å². The highest BCUT2D eigenvalue weighted by Crippen LogP contribution is 2.45. The lowest BCUT2D eigenvalue weighted by Gasteiger charge is -2.36. The fourth-order valence-corrected chi connectivity index (χ4v) is 8.37. The van der Waals surface area contributed by atoms with Crippen molar-refractivity contribution in [2.45, 2.75) is 82.9 Å². The minimum atomic E-state index is -4.07. The summed E-state index contributed by atoms with van der Waals surface area (Å²) in [6.07, 6.45) is 1.24. The first-order valence-corrected chi connectivity index (χ1v) is 18.4. The van der Waals surface area contributed by atoms with E-state index in [-0.39, 0.29) is 23.8 Å². The van der Waals surface area contributed by atoms with E-state index in [2.05, 4.69) is 9.71 Å². The zero-order valence-corrected chi connectivity index (χ0v) is 30.9. The molecule has 5 rings (SSSR count). The number of fused-ring (bicyclic) bond motifs is 1. The minimum absolute atomic E-state index is 0.125. The summed E-state index contributed by atoms with van der Waals surface area (Å²) in [7, 11) is -4.07. The third-order valence-corrected chi connectivity index (χ3v) is 11.2. The molecule has 1 aliphatic rings. The van der Waals surface area contributed by atoms with Crippen LogP contribution in [-0.2, 0) is 31.6 Å². The Morgan fingerprint density at radius 1 is 0.960 bits per heavy atom. The molecule has 0 fully saturated rings. The van der Waals surface area contributed by atoms with Gasteiger partial charge in [0.15, 0.2) is 5.60 Å². The van der Waals surface area contributed by atoms with Crippen LogP contribution in [0.3, 0.4) is 0 Å². The molecule has 1 heterocycles. The van der Waals surface area contributed by atoms with Gasteiger partial charge in [-0.2, -0.15) is 0 Å². The number of benzene rings is 4. The Balaban J connectivity index is 1.31. The predicted octanol–water partition coefficient (Wildman–Crippen LogP) is 6.52. The zero-order valence-electron chi connectivity index (χ0n) is 29.3. The molecule has 0 saturated carbocycles. The highest BCUT2D eigenvalue weighted by molar-refractivity contribution is 7.90. The number of nitrogens with one attached hydrogen (secondary N) is 1. The van der Waals surface area contributed by atoms with E-state index in [1.54, 1.807) is 19.9 Å². The zero-order chi connectivity index (χ0) is 36.4. The first-order chi connectivity index (χ1) is 23.6. The fraction of sp³-hybridized carbons (Fsp3) is 0.333. The van der Waals surface area contributed by atoms with Crippen molar-refractivity contribution in [1.29, 1.82) is 0 Å². The van der Waals surface area contributed by atoms with E-state index in [0.29, 0.717) is 51.4 Å². The van der Waals surface area contributed by atoms with E-state index in [0.717, 1.165) is 16.7 Å². The first-order valence-electron chi connectivity index (χ1n) is 16.6. The van der Waals surface area contributed by atoms with Gasteiger partial charge in [-0.1, -0.05) is 90.0 Å². The third kappa shape index (κ3) is 7.38. The van der Waals surface area contributed by atoms with Crippen LogP contribution in [0.25, 0.3) is 0 Å². The third-order valence-electron chi connectivity index (χ3n) is 9.20. The molecule has 4 aromatic rings. The Morgan fingerprint density at radius 3 is 2.24 bits per heavy atom. The summed E-state index contributed by atoms with van der Waals surface area (Å²) in [5, 5.41) is 0.433. The average molecular weight is 717 g/mol. The molecule has 0 saturated heterocycles. The number of aryl methyl sites for hydroxylation is 1. The number of nitrogens with two attached hydrogens (primary N) is 2. The number of aliphatic imine (C=N–C) groups is 1.